The Morgan fingerprint density at radius 2 is 2.14 bits per heavy atom. The highest BCUT2D eigenvalue weighted by Gasteiger charge is 2.32. The summed E-state index contributed by atoms with van der Waals surface area (Å²) in [5.74, 6) is 0.649. The number of hydrogen-bond acceptors (Lipinski definition) is 4. The number of ether oxygens (including phenoxy) is 1. The third kappa shape index (κ3) is 4.17. The van der Waals surface area contributed by atoms with Crippen molar-refractivity contribution in [3.05, 3.63) is 23.9 Å². The molecule has 2 N–H and O–H groups in total. The van der Waals surface area contributed by atoms with Gasteiger partial charge >= 0.3 is 0 Å². The number of rotatable bonds is 6. The summed E-state index contributed by atoms with van der Waals surface area (Å²) >= 11 is 0. The fourth-order valence-electron chi connectivity index (χ4n) is 3.05. The van der Waals surface area contributed by atoms with E-state index in [1.54, 1.807) is 13.3 Å². The molecule has 5 heteroatoms. The molecule has 1 amide bonds. The summed E-state index contributed by atoms with van der Waals surface area (Å²) in [6.45, 7) is 0.454. The molecule has 0 atom stereocenters. The van der Waals surface area contributed by atoms with Crippen molar-refractivity contribution < 1.29 is 9.53 Å². The van der Waals surface area contributed by atoms with Gasteiger partial charge in [-0.15, -0.1) is 0 Å². The molecule has 1 aromatic rings. The highest BCUT2D eigenvalue weighted by molar-refractivity contribution is 5.77. The number of methoxy groups -OCH3 is 1. The van der Waals surface area contributed by atoms with Crippen molar-refractivity contribution in [2.24, 2.45) is 0 Å². The van der Waals surface area contributed by atoms with Gasteiger partial charge in [0.25, 0.3) is 0 Å². The van der Waals surface area contributed by atoms with E-state index in [0.29, 0.717) is 18.8 Å². The number of aromatic nitrogens is 1. The second kappa shape index (κ2) is 7.41. The van der Waals surface area contributed by atoms with Gasteiger partial charge in [0.05, 0.1) is 7.11 Å². The van der Waals surface area contributed by atoms with E-state index in [9.17, 15) is 4.79 Å². The molecule has 1 heterocycles. The quantitative estimate of drug-likeness (QED) is 0.841. The highest BCUT2D eigenvalue weighted by Crippen LogP contribution is 2.30. The maximum Gasteiger partial charge on any atom is 0.222 e. The summed E-state index contributed by atoms with van der Waals surface area (Å²) in [5, 5.41) is 6.35. The Bertz CT molecular complexity index is 470. The zero-order chi connectivity index (χ0) is 15.1. The first-order valence-electron chi connectivity index (χ1n) is 7.62. The molecule has 2 rings (SSSR count). The van der Waals surface area contributed by atoms with Crippen LogP contribution in [0.15, 0.2) is 18.3 Å². The Morgan fingerprint density at radius 1 is 1.38 bits per heavy atom. The third-order valence-corrected chi connectivity index (χ3v) is 4.36. The van der Waals surface area contributed by atoms with Crippen LogP contribution in [0.1, 0.15) is 44.1 Å². The second-order valence-corrected chi connectivity index (χ2v) is 5.72. The molecule has 0 saturated heterocycles. The number of pyridine rings is 1. The first-order chi connectivity index (χ1) is 10.2. The van der Waals surface area contributed by atoms with E-state index in [4.69, 9.17) is 4.74 Å². The van der Waals surface area contributed by atoms with E-state index < -0.39 is 0 Å². The Morgan fingerprint density at radius 3 is 2.81 bits per heavy atom. The Labute approximate surface area is 126 Å². The minimum Gasteiger partial charge on any atom is -0.481 e. The van der Waals surface area contributed by atoms with E-state index in [2.05, 4.69) is 15.6 Å². The fourth-order valence-corrected chi connectivity index (χ4v) is 3.05. The van der Waals surface area contributed by atoms with E-state index in [-0.39, 0.29) is 11.4 Å². The van der Waals surface area contributed by atoms with Crippen molar-refractivity contribution in [3.63, 3.8) is 0 Å². The average molecular weight is 291 g/mol. The molecule has 0 radical (unpaired) electrons. The molecule has 116 valence electrons. The Kier molecular flexibility index (Phi) is 5.56. The van der Waals surface area contributed by atoms with Crippen LogP contribution < -0.4 is 15.4 Å². The lowest BCUT2D eigenvalue weighted by Crippen LogP contribution is -2.48. The van der Waals surface area contributed by atoms with E-state index in [1.165, 1.54) is 19.3 Å². The summed E-state index contributed by atoms with van der Waals surface area (Å²) in [7, 11) is 3.55. The van der Waals surface area contributed by atoms with Gasteiger partial charge < -0.3 is 15.4 Å². The normalized spacial score (nSPS) is 17.2. The first kappa shape index (κ1) is 15.8. The molecule has 0 bridgehead atoms. The number of nitrogens with zero attached hydrogens (tertiary/aromatic N) is 1. The van der Waals surface area contributed by atoms with Gasteiger partial charge in [0.15, 0.2) is 0 Å². The molecule has 21 heavy (non-hydrogen) atoms. The van der Waals surface area contributed by atoms with Crippen LogP contribution in [0.3, 0.4) is 0 Å². The predicted octanol–water partition coefficient (Wildman–Crippen LogP) is 2.02. The van der Waals surface area contributed by atoms with Gasteiger partial charge in [0.1, 0.15) is 0 Å². The van der Waals surface area contributed by atoms with E-state index in [0.717, 1.165) is 18.4 Å². The molecule has 0 aliphatic heterocycles. The monoisotopic (exact) mass is 291 g/mol. The molecule has 0 spiro atoms. The van der Waals surface area contributed by atoms with E-state index in [1.807, 2.05) is 19.2 Å². The van der Waals surface area contributed by atoms with Gasteiger partial charge in [-0.3, -0.25) is 4.79 Å². The SMILES string of the molecule is CNC1(CC(=O)NCc2cccnc2OC)CCCCC1. The molecule has 1 aliphatic carbocycles. The standard InChI is InChI=1S/C16H25N3O2/c1-17-16(8-4-3-5-9-16)11-14(20)19-12-13-7-6-10-18-15(13)21-2/h6-7,10,17H,3-5,8-9,11-12H2,1-2H3,(H,19,20). The summed E-state index contributed by atoms with van der Waals surface area (Å²) in [5.41, 5.74) is 0.872. The third-order valence-electron chi connectivity index (χ3n) is 4.36. The maximum atomic E-state index is 12.2. The summed E-state index contributed by atoms with van der Waals surface area (Å²) in [6, 6.07) is 3.76. The topological polar surface area (TPSA) is 63.2 Å². The van der Waals surface area contributed by atoms with Crippen molar-refractivity contribution in [1.29, 1.82) is 0 Å². The molecule has 0 unspecified atom stereocenters. The number of carbonyl (C=O) groups excluding carboxylic acids is 1. The zero-order valence-corrected chi connectivity index (χ0v) is 12.9. The maximum absolute atomic E-state index is 12.2. The molecule has 1 fully saturated rings. The van der Waals surface area contributed by atoms with Crippen LogP contribution in [-0.2, 0) is 11.3 Å². The number of carbonyl (C=O) groups is 1. The van der Waals surface area contributed by atoms with Gasteiger partial charge in [-0.05, 0) is 26.0 Å². The van der Waals surface area contributed by atoms with Gasteiger partial charge in [-0.25, -0.2) is 4.98 Å². The number of amides is 1. The number of nitrogens with one attached hydrogen (secondary N) is 2. The molecule has 0 aromatic carbocycles. The largest absolute Gasteiger partial charge is 0.481 e. The van der Waals surface area contributed by atoms with Gasteiger partial charge in [0, 0.05) is 30.3 Å². The lowest BCUT2D eigenvalue weighted by molar-refractivity contribution is -0.123. The van der Waals surface area contributed by atoms with Crippen molar-refractivity contribution in [3.8, 4) is 5.88 Å². The highest BCUT2D eigenvalue weighted by atomic mass is 16.5. The van der Waals surface area contributed by atoms with E-state index >= 15 is 0 Å². The van der Waals surface area contributed by atoms with Crippen LogP contribution in [0.25, 0.3) is 0 Å². The van der Waals surface area contributed by atoms with Crippen LogP contribution in [0.2, 0.25) is 0 Å². The van der Waals surface area contributed by atoms with Crippen LogP contribution >= 0.6 is 0 Å². The molecule has 5 nitrogen and oxygen atoms in total. The summed E-state index contributed by atoms with van der Waals surface area (Å²) in [6.07, 6.45) is 8.04. The molecule has 1 saturated carbocycles. The van der Waals surface area contributed by atoms with Crippen LogP contribution in [0.4, 0.5) is 0 Å². The summed E-state index contributed by atoms with van der Waals surface area (Å²) < 4.78 is 5.19. The molecular weight excluding hydrogens is 266 g/mol. The molecule has 1 aliphatic rings. The Balaban J connectivity index is 1.89. The van der Waals surface area contributed by atoms with Crippen molar-refractivity contribution in [1.82, 2.24) is 15.6 Å². The molecule has 1 aromatic heterocycles. The number of hydrogen-bond donors (Lipinski definition) is 2. The van der Waals surface area contributed by atoms with Gasteiger partial charge in [0.2, 0.25) is 11.8 Å². The van der Waals surface area contributed by atoms with Gasteiger partial charge in [-0.1, -0.05) is 25.3 Å². The van der Waals surface area contributed by atoms with Crippen molar-refractivity contribution >= 4 is 5.91 Å². The lowest BCUT2D eigenvalue weighted by atomic mass is 9.79. The fraction of sp³-hybridized carbons (Fsp3) is 0.625. The minimum absolute atomic E-state index is 0.0264. The van der Waals surface area contributed by atoms with Crippen molar-refractivity contribution in [2.75, 3.05) is 14.2 Å². The summed E-state index contributed by atoms with van der Waals surface area (Å²) in [4.78, 5) is 16.4. The smallest absolute Gasteiger partial charge is 0.222 e. The second-order valence-electron chi connectivity index (χ2n) is 5.72. The Hall–Kier alpha value is -1.62. The van der Waals surface area contributed by atoms with Crippen LogP contribution in [0, 0.1) is 0 Å². The first-order valence-corrected chi connectivity index (χ1v) is 7.62. The van der Waals surface area contributed by atoms with Crippen LogP contribution in [0.5, 0.6) is 5.88 Å². The zero-order valence-electron chi connectivity index (χ0n) is 12.9. The molecular formula is C16H25N3O2. The average Bonchev–Trinajstić information content (AvgIpc) is 2.54. The van der Waals surface area contributed by atoms with Gasteiger partial charge in [-0.2, -0.15) is 0 Å². The minimum atomic E-state index is -0.0264. The lowest BCUT2D eigenvalue weighted by Gasteiger charge is -2.36. The van der Waals surface area contributed by atoms with Crippen LogP contribution in [-0.4, -0.2) is 30.6 Å². The predicted molar refractivity (Wildman–Crippen MR) is 82.1 cm³/mol. The van der Waals surface area contributed by atoms with Crippen molar-refractivity contribution in [2.45, 2.75) is 50.6 Å².